The number of carbonyl (C=O) groups excluding carboxylic acids is 10. The predicted octanol–water partition coefficient (Wildman–Crippen LogP) is -2.91. The van der Waals surface area contributed by atoms with Gasteiger partial charge in [0.2, 0.25) is 59.1 Å². The number of nitrogens with one attached hydrogen (secondary N) is 10. The van der Waals surface area contributed by atoms with Gasteiger partial charge in [-0.05, 0) is 61.7 Å². The molecule has 3 rings (SSSR count). The zero-order valence-corrected chi connectivity index (χ0v) is 42.9. The highest BCUT2D eigenvalue weighted by molar-refractivity contribution is 7.98. The first-order valence-electron chi connectivity index (χ1n) is 23.9. The summed E-state index contributed by atoms with van der Waals surface area (Å²) in [4.78, 5) is 140. The third-order valence-corrected chi connectivity index (χ3v) is 12.2. The number of carbonyl (C=O) groups is 10. The Balaban J connectivity index is 1.74. The number of imidazole rings is 1. The number of nitrogens with zero attached hydrogens (tertiary/aromatic N) is 1. The molecule has 73 heavy (non-hydrogen) atoms. The van der Waals surface area contributed by atoms with Gasteiger partial charge >= 0.3 is 0 Å². The maximum Gasteiger partial charge on any atom is 0.243 e. The van der Waals surface area contributed by atoms with E-state index in [-0.39, 0.29) is 38.1 Å². The van der Waals surface area contributed by atoms with E-state index in [9.17, 15) is 47.9 Å². The first-order valence-corrected chi connectivity index (χ1v) is 25.3. The highest BCUT2D eigenvalue weighted by Crippen LogP contribution is 2.20. The minimum atomic E-state index is -1.45. The molecule has 2 heterocycles. The molecule has 0 radical (unpaired) electrons. The summed E-state index contributed by atoms with van der Waals surface area (Å²) in [6.45, 7) is 8.26. The topological polar surface area (TPSA) is 415 Å². The van der Waals surface area contributed by atoms with Crippen molar-refractivity contribution in [3.8, 4) is 0 Å². The quantitative estimate of drug-likeness (QED) is 0.0291. The van der Waals surface area contributed by atoms with Gasteiger partial charge < -0.3 is 75.4 Å². The standard InChI is InChI=1S/C47H73N15O10S/c1-24(2)15-29(21-54-33(41(51)66)13-14-73-6)58-46(71)36(17-28-20-52-23-56-28)59-39(65)22-55-47(72)40(25(3)4)62-42(67)26(5)57-45(70)35(16-27-19-53-32-10-8-7-9-30(27)32)61-44(69)34(11-12-37(49)63)60-43(68)31(48)18-38(50)64/h7-10,19-20,23-26,29,31,33-36,40,53-54H,11-18,21-22,48H2,1-6H3,(H2,49,63)(H2,50,64)(H2,51,66)(H,52,56)(H,55,72)(H,57,70)(H,58,71)(H,59,65)(H,60,68)(H,61,69)(H,62,67)/t26-,29-,31-,33-,34-,35-,36-,40-/m0/s1. The molecule has 8 atom stereocenters. The molecule has 402 valence electrons. The van der Waals surface area contributed by atoms with E-state index in [2.05, 4.69) is 57.5 Å². The van der Waals surface area contributed by atoms with Crippen LogP contribution in [0.2, 0.25) is 0 Å². The number of aromatic nitrogens is 3. The van der Waals surface area contributed by atoms with Crippen LogP contribution in [-0.2, 0) is 60.8 Å². The van der Waals surface area contributed by atoms with E-state index in [0.29, 0.717) is 29.9 Å². The Morgan fingerprint density at radius 2 is 1.36 bits per heavy atom. The molecule has 0 saturated heterocycles. The Bertz CT molecular complexity index is 2360. The van der Waals surface area contributed by atoms with Gasteiger partial charge in [-0.1, -0.05) is 45.9 Å². The number of thioether (sulfide) groups is 1. The van der Waals surface area contributed by atoms with Gasteiger partial charge in [0, 0.05) is 60.8 Å². The van der Waals surface area contributed by atoms with Crippen LogP contribution in [0.1, 0.15) is 78.0 Å². The van der Waals surface area contributed by atoms with Crippen molar-refractivity contribution in [1.82, 2.24) is 57.5 Å². The number of amides is 10. The van der Waals surface area contributed by atoms with Gasteiger partial charge in [0.1, 0.15) is 30.2 Å². The molecule has 0 aliphatic carbocycles. The molecule has 26 heteroatoms. The van der Waals surface area contributed by atoms with Gasteiger partial charge in [-0.3, -0.25) is 47.9 Å². The molecular weight excluding hydrogens is 967 g/mol. The second-order valence-electron chi connectivity index (χ2n) is 18.5. The highest BCUT2D eigenvalue weighted by Gasteiger charge is 2.33. The number of benzene rings is 1. The number of hydrogen-bond donors (Lipinski definition) is 14. The Labute approximate surface area is 427 Å². The van der Waals surface area contributed by atoms with E-state index in [1.165, 1.54) is 19.4 Å². The average Bonchev–Trinajstić information content (AvgIpc) is 3.99. The van der Waals surface area contributed by atoms with Crippen LogP contribution in [0.15, 0.2) is 43.0 Å². The second kappa shape index (κ2) is 30.1. The minimum Gasteiger partial charge on any atom is -0.370 e. The molecule has 1 aromatic carbocycles. The van der Waals surface area contributed by atoms with E-state index in [4.69, 9.17) is 22.9 Å². The van der Waals surface area contributed by atoms with Crippen molar-refractivity contribution < 1.29 is 47.9 Å². The number of nitrogens with two attached hydrogens (primary N) is 4. The number of para-hydroxylation sites is 1. The summed E-state index contributed by atoms with van der Waals surface area (Å²) in [7, 11) is 0. The average molecular weight is 1040 g/mol. The summed E-state index contributed by atoms with van der Waals surface area (Å²) in [6.07, 6.45) is 6.24. The number of primary amides is 3. The summed E-state index contributed by atoms with van der Waals surface area (Å²) >= 11 is 1.57. The van der Waals surface area contributed by atoms with Gasteiger partial charge in [0.05, 0.1) is 31.4 Å². The molecule has 18 N–H and O–H groups in total. The van der Waals surface area contributed by atoms with Crippen LogP contribution < -0.4 is 65.5 Å². The lowest BCUT2D eigenvalue weighted by atomic mass is 10.0. The molecule has 0 unspecified atom stereocenters. The summed E-state index contributed by atoms with van der Waals surface area (Å²) in [5.41, 5.74) is 23.8. The number of rotatable bonds is 33. The number of aromatic amines is 2. The molecule has 10 amide bonds. The summed E-state index contributed by atoms with van der Waals surface area (Å²) in [6, 6.07) is -1.78. The van der Waals surface area contributed by atoms with E-state index in [1.807, 2.05) is 20.1 Å². The zero-order chi connectivity index (χ0) is 54.4. The Kier molecular flexibility index (Phi) is 24.8. The second-order valence-corrected chi connectivity index (χ2v) is 19.5. The van der Waals surface area contributed by atoms with Crippen molar-refractivity contribution >= 4 is 81.7 Å². The van der Waals surface area contributed by atoms with Gasteiger partial charge in [0.15, 0.2) is 0 Å². The third-order valence-electron chi connectivity index (χ3n) is 11.5. The minimum absolute atomic E-state index is 0.0190. The van der Waals surface area contributed by atoms with E-state index < -0.39 is 126 Å². The SMILES string of the molecule is CSCC[C@H](NC[C@H](CC(C)C)NC(=O)[C@H](Cc1cnc[nH]1)NC(=O)CNC(=O)[C@@H](NC(=O)[C@H](C)NC(=O)[C@H](Cc1c[nH]c2ccccc12)NC(=O)[C@H](CCC(N)=O)NC(=O)[C@@H](N)CC(N)=O)C(C)C)C(N)=O. The largest absolute Gasteiger partial charge is 0.370 e. The fourth-order valence-corrected chi connectivity index (χ4v) is 8.09. The molecular formula is C47H73N15O10S. The molecule has 2 aromatic heterocycles. The first kappa shape index (κ1) is 60.2. The first-order chi connectivity index (χ1) is 34.5. The van der Waals surface area contributed by atoms with Crippen molar-refractivity contribution in [1.29, 1.82) is 0 Å². The number of fused-ring (bicyclic) bond motifs is 1. The smallest absolute Gasteiger partial charge is 0.243 e. The van der Waals surface area contributed by atoms with Gasteiger partial charge in [0.25, 0.3) is 0 Å². The van der Waals surface area contributed by atoms with Gasteiger partial charge in [-0.25, -0.2) is 4.98 Å². The molecule has 0 spiro atoms. The van der Waals surface area contributed by atoms with Crippen LogP contribution in [0.25, 0.3) is 10.9 Å². The lowest BCUT2D eigenvalue weighted by molar-refractivity contribution is -0.135. The van der Waals surface area contributed by atoms with Crippen LogP contribution in [0.5, 0.6) is 0 Å². The van der Waals surface area contributed by atoms with E-state index in [1.54, 1.807) is 56.1 Å². The van der Waals surface area contributed by atoms with Gasteiger partial charge in [-0.15, -0.1) is 0 Å². The zero-order valence-electron chi connectivity index (χ0n) is 42.1. The maximum atomic E-state index is 14.1. The van der Waals surface area contributed by atoms with Crippen LogP contribution in [0.3, 0.4) is 0 Å². The monoisotopic (exact) mass is 1040 g/mol. The highest BCUT2D eigenvalue weighted by atomic mass is 32.2. The molecule has 0 aliphatic heterocycles. The van der Waals surface area contributed by atoms with Crippen molar-refractivity contribution in [3.63, 3.8) is 0 Å². The van der Waals surface area contributed by atoms with E-state index >= 15 is 0 Å². The number of H-pyrrole nitrogens is 2. The van der Waals surface area contributed by atoms with Gasteiger partial charge in [-0.2, -0.15) is 11.8 Å². The van der Waals surface area contributed by atoms with Crippen LogP contribution in [0, 0.1) is 11.8 Å². The lowest BCUT2D eigenvalue weighted by Crippen LogP contribution is -2.59. The van der Waals surface area contributed by atoms with Crippen LogP contribution in [0.4, 0.5) is 0 Å². The molecule has 3 aromatic rings. The maximum absolute atomic E-state index is 14.1. The molecule has 0 aliphatic rings. The molecule has 0 saturated carbocycles. The van der Waals surface area contributed by atoms with Crippen LogP contribution >= 0.6 is 11.8 Å². The fourth-order valence-electron chi connectivity index (χ4n) is 7.62. The lowest BCUT2D eigenvalue weighted by Gasteiger charge is -2.27. The molecule has 25 nitrogen and oxygen atoms in total. The Hall–Kier alpha value is -7.06. The summed E-state index contributed by atoms with van der Waals surface area (Å²) in [5, 5.41) is 22.2. The van der Waals surface area contributed by atoms with Crippen molar-refractivity contribution in [2.45, 2.75) is 128 Å². The Morgan fingerprint density at radius 1 is 0.699 bits per heavy atom. The van der Waals surface area contributed by atoms with Crippen LogP contribution in [-0.4, -0.2) is 147 Å². The van der Waals surface area contributed by atoms with Crippen molar-refractivity contribution in [2.75, 3.05) is 25.1 Å². The van der Waals surface area contributed by atoms with Crippen molar-refractivity contribution in [2.24, 2.45) is 34.8 Å². The predicted molar refractivity (Wildman–Crippen MR) is 273 cm³/mol. The fraction of sp³-hybridized carbons (Fsp3) is 0.553. The Morgan fingerprint density at radius 3 is 1.97 bits per heavy atom. The van der Waals surface area contributed by atoms with Crippen molar-refractivity contribution in [3.05, 3.63) is 54.2 Å². The molecule has 0 bridgehead atoms. The normalized spacial score (nSPS) is 14.6. The summed E-state index contributed by atoms with van der Waals surface area (Å²) < 4.78 is 0. The third kappa shape index (κ3) is 20.9. The molecule has 0 fully saturated rings. The summed E-state index contributed by atoms with van der Waals surface area (Å²) in [5.74, 6) is -7.32. The van der Waals surface area contributed by atoms with E-state index in [0.717, 1.165) is 10.9 Å². The number of hydrogen-bond acceptors (Lipinski definition) is 14.